The summed E-state index contributed by atoms with van der Waals surface area (Å²) >= 11 is 0. The summed E-state index contributed by atoms with van der Waals surface area (Å²) in [6.07, 6.45) is 4.73. The molecule has 10 heteroatoms. The number of carbonyl (C=O) groups excluding carboxylic acids is 4. The van der Waals surface area contributed by atoms with E-state index >= 15 is 0 Å². The Morgan fingerprint density at radius 1 is 0.732 bits per heavy atom. The van der Waals surface area contributed by atoms with E-state index in [9.17, 15) is 19.2 Å². The number of hydrogen-bond donors (Lipinski definition) is 3. The van der Waals surface area contributed by atoms with E-state index in [0.717, 1.165) is 24.0 Å². The van der Waals surface area contributed by atoms with Gasteiger partial charge in [0.15, 0.2) is 5.69 Å². The molecule has 2 aromatic carbocycles. The van der Waals surface area contributed by atoms with Gasteiger partial charge in [0.2, 0.25) is 0 Å². The van der Waals surface area contributed by atoms with Crippen LogP contribution in [0.15, 0.2) is 67.0 Å². The second-order valence-corrected chi connectivity index (χ2v) is 9.60. The third-order valence-electron chi connectivity index (χ3n) is 6.31. The van der Waals surface area contributed by atoms with Gasteiger partial charge >= 0.3 is 11.9 Å². The highest BCUT2D eigenvalue weighted by Gasteiger charge is 2.30. The van der Waals surface area contributed by atoms with Crippen molar-refractivity contribution in [3.05, 3.63) is 89.5 Å². The summed E-state index contributed by atoms with van der Waals surface area (Å²) in [5.41, 5.74) is 1.31. The molecular weight excluding hydrogens is 524 g/mol. The Bertz CT molecular complexity index is 1170. The maximum Gasteiger partial charge on any atom is 0.328 e. The molecule has 10 nitrogen and oxygen atoms in total. The van der Waals surface area contributed by atoms with Gasteiger partial charge in [-0.1, -0.05) is 87.4 Å². The van der Waals surface area contributed by atoms with E-state index in [1.807, 2.05) is 74.5 Å². The van der Waals surface area contributed by atoms with Crippen LogP contribution < -0.4 is 10.6 Å². The van der Waals surface area contributed by atoms with E-state index in [0.29, 0.717) is 12.8 Å². The maximum atomic E-state index is 13.3. The first-order chi connectivity index (χ1) is 19.9. The van der Waals surface area contributed by atoms with Gasteiger partial charge in [-0.15, -0.1) is 0 Å². The lowest BCUT2D eigenvalue weighted by Crippen LogP contribution is -2.46. The monoisotopic (exact) mass is 562 g/mol. The molecule has 1 aromatic heterocycles. The van der Waals surface area contributed by atoms with Crippen LogP contribution in [0, 0.1) is 0 Å². The number of hydrogen-bond acceptors (Lipinski definition) is 7. The molecule has 0 saturated carbocycles. The van der Waals surface area contributed by atoms with Gasteiger partial charge in [-0.3, -0.25) is 9.59 Å². The number of ether oxygens (including phenoxy) is 2. The van der Waals surface area contributed by atoms with Gasteiger partial charge in [0.1, 0.15) is 17.8 Å². The molecule has 0 aliphatic heterocycles. The number of H-pyrrole nitrogens is 1. The first-order valence-electron chi connectivity index (χ1n) is 14.0. The molecule has 0 aliphatic rings. The number of aromatic nitrogens is 2. The number of amides is 2. The predicted octanol–water partition coefficient (Wildman–Crippen LogP) is 3.78. The summed E-state index contributed by atoms with van der Waals surface area (Å²) in [6, 6.07) is 16.5. The van der Waals surface area contributed by atoms with E-state index in [-0.39, 0.29) is 37.4 Å². The van der Waals surface area contributed by atoms with Crippen molar-refractivity contribution < 1.29 is 28.7 Å². The largest absolute Gasteiger partial charge is 0.464 e. The molecule has 0 radical (unpaired) electrons. The molecule has 0 saturated heterocycles. The smallest absolute Gasteiger partial charge is 0.328 e. The summed E-state index contributed by atoms with van der Waals surface area (Å²) in [7, 11) is 0. The number of carbonyl (C=O) groups is 4. The van der Waals surface area contributed by atoms with Crippen LogP contribution in [0.25, 0.3) is 0 Å². The van der Waals surface area contributed by atoms with E-state index in [4.69, 9.17) is 9.47 Å². The van der Waals surface area contributed by atoms with Crippen molar-refractivity contribution in [3.63, 3.8) is 0 Å². The first kappa shape index (κ1) is 31.1. The van der Waals surface area contributed by atoms with Crippen LogP contribution in [-0.2, 0) is 31.9 Å². The van der Waals surface area contributed by atoms with Crippen LogP contribution in [0.4, 0.5) is 0 Å². The molecular formula is C31H38N4O6. The Kier molecular flexibility index (Phi) is 12.6. The zero-order valence-corrected chi connectivity index (χ0v) is 23.6. The number of benzene rings is 2. The molecule has 0 bridgehead atoms. The molecule has 0 spiro atoms. The van der Waals surface area contributed by atoms with Crippen molar-refractivity contribution in [2.24, 2.45) is 0 Å². The Morgan fingerprint density at radius 2 is 1.20 bits per heavy atom. The maximum absolute atomic E-state index is 13.3. The lowest BCUT2D eigenvalue weighted by molar-refractivity contribution is -0.146. The zero-order chi connectivity index (χ0) is 29.5. The molecule has 0 unspecified atom stereocenters. The summed E-state index contributed by atoms with van der Waals surface area (Å²) in [6.45, 7) is 4.45. The van der Waals surface area contributed by atoms with Crippen LogP contribution in [0.2, 0.25) is 0 Å². The fraction of sp³-hybridized carbons (Fsp3) is 0.387. The summed E-state index contributed by atoms with van der Waals surface area (Å²) in [5, 5.41) is 5.36. The third kappa shape index (κ3) is 9.90. The average Bonchev–Trinajstić information content (AvgIpc) is 3.48. The van der Waals surface area contributed by atoms with E-state index in [1.165, 1.54) is 6.33 Å². The topological polar surface area (TPSA) is 139 Å². The SMILES string of the molecule is CCCCOC(=O)[C@H](Cc1ccccc1)NC(=O)c1nc[nH]c1C(=O)N[C@@H](Cc1ccccc1)C(=O)OCCCC. The minimum absolute atomic E-state index is 0.139. The second-order valence-electron chi connectivity index (χ2n) is 9.60. The predicted molar refractivity (Wildman–Crippen MR) is 153 cm³/mol. The molecule has 1 heterocycles. The third-order valence-corrected chi connectivity index (χ3v) is 6.31. The Labute approximate surface area is 240 Å². The van der Waals surface area contributed by atoms with Gasteiger partial charge in [-0.2, -0.15) is 0 Å². The van der Waals surface area contributed by atoms with Crippen LogP contribution in [0.1, 0.15) is 71.6 Å². The van der Waals surface area contributed by atoms with Gasteiger partial charge < -0.3 is 25.1 Å². The van der Waals surface area contributed by atoms with E-state index in [2.05, 4.69) is 20.6 Å². The fourth-order valence-electron chi connectivity index (χ4n) is 4.02. The molecule has 0 fully saturated rings. The molecule has 41 heavy (non-hydrogen) atoms. The van der Waals surface area contributed by atoms with Crippen molar-refractivity contribution in [2.45, 2.75) is 64.5 Å². The second kappa shape index (κ2) is 16.6. The number of unbranched alkanes of at least 4 members (excludes halogenated alkanes) is 2. The normalized spacial score (nSPS) is 12.1. The minimum atomic E-state index is -0.992. The van der Waals surface area contributed by atoms with Crippen molar-refractivity contribution in [2.75, 3.05) is 13.2 Å². The number of rotatable bonds is 16. The Hall–Kier alpha value is -4.47. The minimum Gasteiger partial charge on any atom is -0.464 e. The Morgan fingerprint density at radius 3 is 1.66 bits per heavy atom. The number of imidazole rings is 1. The average molecular weight is 563 g/mol. The van der Waals surface area contributed by atoms with Crippen LogP contribution in [-0.4, -0.2) is 59.0 Å². The van der Waals surface area contributed by atoms with Crippen LogP contribution in [0.5, 0.6) is 0 Å². The summed E-state index contributed by atoms with van der Waals surface area (Å²) in [4.78, 5) is 59.0. The number of aromatic amines is 1. The quantitative estimate of drug-likeness (QED) is 0.178. The highest BCUT2D eigenvalue weighted by atomic mass is 16.5. The molecule has 2 atom stereocenters. The lowest BCUT2D eigenvalue weighted by atomic mass is 10.1. The zero-order valence-electron chi connectivity index (χ0n) is 23.6. The van der Waals surface area contributed by atoms with E-state index < -0.39 is 35.8 Å². The summed E-state index contributed by atoms with van der Waals surface area (Å²) < 4.78 is 10.8. The molecule has 3 aromatic rings. The van der Waals surface area contributed by atoms with Crippen LogP contribution in [0.3, 0.4) is 0 Å². The molecule has 0 aliphatic carbocycles. The number of nitrogens with one attached hydrogen (secondary N) is 3. The highest BCUT2D eigenvalue weighted by Crippen LogP contribution is 2.11. The van der Waals surface area contributed by atoms with Gasteiger partial charge in [0.25, 0.3) is 11.8 Å². The molecule has 3 rings (SSSR count). The number of esters is 2. The summed E-state index contributed by atoms with van der Waals surface area (Å²) in [5.74, 6) is -2.57. The van der Waals surface area contributed by atoms with Gasteiger partial charge in [0.05, 0.1) is 19.5 Å². The van der Waals surface area contributed by atoms with Crippen molar-refractivity contribution in [1.82, 2.24) is 20.6 Å². The molecule has 3 N–H and O–H groups in total. The standard InChI is InChI=1S/C31H38N4O6/c1-3-5-17-40-30(38)24(19-22-13-9-7-10-14-22)34-28(36)26-27(33-21-32-26)29(37)35-25(31(39)41-18-6-4-2)20-23-15-11-8-12-16-23/h7-16,21,24-25H,3-6,17-20H2,1-2H3,(H,32,33)(H,34,36)(H,35,37)/t24-,25-/m0/s1. The van der Waals surface area contributed by atoms with Gasteiger partial charge in [-0.05, 0) is 24.0 Å². The first-order valence-corrected chi connectivity index (χ1v) is 14.0. The van der Waals surface area contributed by atoms with Crippen molar-refractivity contribution >= 4 is 23.8 Å². The Balaban J connectivity index is 1.75. The van der Waals surface area contributed by atoms with Gasteiger partial charge in [0, 0.05) is 12.8 Å². The van der Waals surface area contributed by atoms with E-state index in [1.54, 1.807) is 0 Å². The molecule has 218 valence electrons. The number of nitrogens with zero attached hydrogens (tertiary/aromatic N) is 1. The van der Waals surface area contributed by atoms with Crippen molar-refractivity contribution in [3.8, 4) is 0 Å². The molecule has 2 amide bonds. The lowest BCUT2D eigenvalue weighted by Gasteiger charge is -2.19. The van der Waals surface area contributed by atoms with Gasteiger partial charge in [-0.25, -0.2) is 14.6 Å². The highest BCUT2D eigenvalue weighted by molar-refractivity contribution is 6.06. The van der Waals surface area contributed by atoms with Crippen LogP contribution >= 0.6 is 0 Å². The van der Waals surface area contributed by atoms with Crippen molar-refractivity contribution in [1.29, 1.82) is 0 Å². The fourth-order valence-corrected chi connectivity index (χ4v) is 4.02.